The molecule has 0 unspecified atom stereocenters. The van der Waals surface area contributed by atoms with Crippen LogP contribution in [0.15, 0.2) is 76.3 Å². The zero-order chi connectivity index (χ0) is 22.9. The van der Waals surface area contributed by atoms with Crippen molar-refractivity contribution in [2.75, 3.05) is 5.32 Å². The summed E-state index contributed by atoms with van der Waals surface area (Å²) < 4.78 is 6.60. The lowest BCUT2D eigenvalue weighted by atomic mass is 10.1. The van der Waals surface area contributed by atoms with Crippen molar-refractivity contribution < 1.29 is 14.3 Å². The van der Waals surface area contributed by atoms with E-state index in [1.165, 1.54) is 6.21 Å². The molecule has 2 N–H and O–H groups in total. The van der Waals surface area contributed by atoms with Crippen LogP contribution in [0.25, 0.3) is 0 Å². The van der Waals surface area contributed by atoms with E-state index in [1.54, 1.807) is 0 Å². The second-order valence-corrected chi connectivity index (χ2v) is 8.15. The monoisotopic (exact) mass is 493 g/mol. The third kappa shape index (κ3) is 7.06. The molecule has 0 saturated carbocycles. The number of amides is 2. The van der Waals surface area contributed by atoms with Gasteiger partial charge in [-0.1, -0.05) is 48.0 Å². The quantitative estimate of drug-likeness (QED) is 0.259. The number of halogens is 1. The first-order chi connectivity index (χ1) is 15.4. The van der Waals surface area contributed by atoms with E-state index in [0.29, 0.717) is 18.0 Å². The molecule has 2 amide bonds. The van der Waals surface area contributed by atoms with Crippen molar-refractivity contribution in [3.63, 3.8) is 0 Å². The van der Waals surface area contributed by atoms with Gasteiger partial charge in [0.25, 0.3) is 0 Å². The van der Waals surface area contributed by atoms with Gasteiger partial charge in [0.1, 0.15) is 18.8 Å². The fraction of sp³-hybridized carbons (Fsp3) is 0.160. The molecule has 32 heavy (non-hydrogen) atoms. The second kappa shape index (κ2) is 11.2. The summed E-state index contributed by atoms with van der Waals surface area (Å²) in [7, 11) is 0. The Labute approximate surface area is 195 Å². The highest BCUT2D eigenvalue weighted by Crippen LogP contribution is 2.26. The van der Waals surface area contributed by atoms with Crippen molar-refractivity contribution >= 4 is 39.6 Å². The predicted octanol–water partition coefficient (Wildman–Crippen LogP) is 5.12. The Bertz CT molecular complexity index is 1130. The zero-order valence-corrected chi connectivity index (χ0v) is 19.5. The summed E-state index contributed by atoms with van der Waals surface area (Å²) in [5.41, 5.74) is 6.96. The van der Waals surface area contributed by atoms with E-state index < -0.39 is 11.8 Å². The molecule has 3 aromatic carbocycles. The van der Waals surface area contributed by atoms with E-state index in [9.17, 15) is 9.59 Å². The fourth-order valence-corrected chi connectivity index (χ4v) is 3.47. The molecule has 0 radical (unpaired) electrons. The smallest absolute Gasteiger partial charge is 0.249 e. The van der Waals surface area contributed by atoms with Crippen LogP contribution < -0.4 is 15.5 Å². The third-order valence-corrected chi connectivity index (χ3v) is 5.19. The fourth-order valence-electron chi connectivity index (χ4n) is 2.96. The molecule has 7 heteroatoms. The van der Waals surface area contributed by atoms with Crippen molar-refractivity contribution in [3.8, 4) is 5.75 Å². The van der Waals surface area contributed by atoms with Gasteiger partial charge in [0, 0.05) is 5.69 Å². The van der Waals surface area contributed by atoms with Crippen LogP contribution >= 0.6 is 15.9 Å². The van der Waals surface area contributed by atoms with E-state index in [2.05, 4.69) is 31.8 Å². The van der Waals surface area contributed by atoms with E-state index in [4.69, 9.17) is 4.74 Å². The zero-order valence-electron chi connectivity index (χ0n) is 17.9. The number of aryl methyl sites for hydroxylation is 2. The van der Waals surface area contributed by atoms with Crippen LogP contribution in [0.1, 0.15) is 28.7 Å². The lowest BCUT2D eigenvalue weighted by Gasteiger charge is -2.09. The van der Waals surface area contributed by atoms with E-state index >= 15 is 0 Å². The van der Waals surface area contributed by atoms with Gasteiger partial charge in [-0.15, -0.1) is 0 Å². The van der Waals surface area contributed by atoms with Crippen molar-refractivity contribution in [2.24, 2.45) is 5.10 Å². The van der Waals surface area contributed by atoms with Crippen LogP contribution in [-0.2, 0) is 16.2 Å². The Morgan fingerprint density at radius 2 is 1.78 bits per heavy atom. The van der Waals surface area contributed by atoms with Crippen LogP contribution in [0.2, 0.25) is 0 Å². The molecule has 0 fully saturated rings. The minimum atomic E-state index is -0.495. The van der Waals surface area contributed by atoms with Gasteiger partial charge in [-0.05, 0) is 70.7 Å². The van der Waals surface area contributed by atoms with Gasteiger partial charge in [-0.25, -0.2) is 5.43 Å². The summed E-state index contributed by atoms with van der Waals surface area (Å²) in [6.45, 7) is 4.35. The largest absolute Gasteiger partial charge is 0.488 e. The maximum Gasteiger partial charge on any atom is 0.249 e. The first kappa shape index (κ1) is 23.2. The van der Waals surface area contributed by atoms with Crippen LogP contribution in [0.3, 0.4) is 0 Å². The average Bonchev–Trinajstić information content (AvgIpc) is 2.76. The Morgan fingerprint density at radius 1 is 1.00 bits per heavy atom. The standard InChI is InChI=1S/C25H24BrN3O3/c1-17-8-10-22(18(2)12-17)28-24(30)14-25(31)29-27-15-20-9-11-23(21(26)13-20)32-16-19-6-4-3-5-7-19/h3-13,15H,14,16H2,1-2H3,(H,28,30)(H,29,31). The second-order valence-electron chi connectivity index (χ2n) is 7.30. The normalized spacial score (nSPS) is 10.7. The lowest BCUT2D eigenvalue weighted by molar-refractivity contribution is -0.126. The van der Waals surface area contributed by atoms with Crippen molar-refractivity contribution in [1.82, 2.24) is 5.43 Å². The van der Waals surface area contributed by atoms with Gasteiger partial charge in [-0.2, -0.15) is 5.10 Å². The molecule has 0 spiro atoms. The molecule has 3 rings (SSSR count). The number of hydrogen-bond acceptors (Lipinski definition) is 4. The number of carbonyl (C=O) groups is 2. The Morgan fingerprint density at radius 3 is 2.50 bits per heavy atom. The summed E-state index contributed by atoms with van der Waals surface area (Å²) in [6.07, 6.45) is 1.19. The maximum atomic E-state index is 12.1. The van der Waals surface area contributed by atoms with Crippen molar-refractivity contribution in [2.45, 2.75) is 26.9 Å². The molecule has 6 nitrogen and oxygen atoms in total. The number of rotatable bonds is 8. The highest BCUT2D eigenvalue weighted by atomic mass is 79.9. The lowest BCUT2D eigenvalue weighted by Crippen LogP contribution is -2.24. The molecule has 0 aliphatic rings. The van der Waals surface area contributed by atoms with Crippen LogP contribution in [0.5, 0.6) is 5.75 Å². The van der Waals surface area contributed by atoms with E-state index in [0.717, 1.165) is 26.7 Å². The van der Waals surface area contributed by atoms with Crippen LogP contribution in [0, 0.1) is 13.8 Å². The molecule has 0 aliphatic carbocycles. The molecule has 0 heterocycles. The van der Waals surface area contributed by atoms with Gasteiger partial charge in [0.15, 0.2) is 0 Å². The summed E-state index contributed by atoms with van der Waals surface area (Å²) in [4.78, 5) is 24.1. The number of nitrogens with zero attached hydrogens (tertiary/aromatic N) is 1. The molecular weight excluding hydrogens is 470 g/mol. The minimum absolute atomic E-state index is 0.319. The molecule has 0 aromatic heterocycles. The molecular formula is C25H24BrN3O3. The van der Waals surface area contributed by atoms with Crippen LogP contribution in [0.4, 0.5) is 5.69 Å². The number of benzene rings is 3. The highest BCUT2D eigenvalue weighted by Gasteiger charge is 2.10. The summed E-state index contributed by atoms with van der Waals surface area (Å²) >= 11 is 3.49. The molecule has 164 valence electrons. The number of anilines is 1. The summed E-state index contributed by atoms with van der Waals surface area (Å²) in [6, 6.07) is 21.1. The van der Waals surface area contributed by atoms with Gasteiger partial charge in [-0.3, -0.25) is 9.59 Å². The topological polar surface area (TPSA) is 79.8 Å². The van der Waals surface area contributed by atoms with Gasteiger partial charge >= 0.3 is 0 Å². The number of hydrogen-bond donors (Lipinski definition) is 2. The average molecular weight is 494 g/mol. The van der Waals surface area contributed by atoms with Gasteiger partial charge in [0.05, 0.1) is 10.7 Å². The van der Waals surface area contributed by atoms with Crippen molar-refractivity contribution in [3.05, 3.63) is 93.5 Å². The molecule has 0 bridgehead atoms. The number of hydrazone groups is 1. The summed E-state index contributed by atoms with van der Waals surface area (Å²) in [5.74, 6) is -0.184. The Kier molecular flexibility index (Phi) is 8.16. The van der Waals surface area contributed by atoms with Gasteiger partial charge < -0.3 is 10.1 Å². The Balaban J connectivity index is 1.47. The third-order valence-electron chi connectivity index (χ3n) is 4.57. The van der Waals surface area contributed by atoms with Crippen molar-refractivity contribution in [1.29, 1.82) is 0 Å². The predicted molar refractivity (Wildman–Crippen MR) is 130 cm³/mol. The number of ether oxygens (including phenoxy) is 1. The number of carbonyl (C=O) groups excluding carboxylic acids is 2. The molecule has 0 atom stereocenters. The first-order valence-corrected chi connectivity index (χ1v) is 10.9. The van der Waals surface area contributed by atoms with E-state index in [-0.39, 0.29) is 6.42 Å². The number of nitrogens with one attached hydrogen (secondary N) is 2. The minimum Gasteiger partial charge on any atom is -0.488 e. The first-order valence-electron chi connectivity index (χ1n) is 10.1. The SMILES string of the molecule is Cc1ccc(NC(=O)CC(=O)NN=Cc2ccc(OCc3ccccc3)c(Br)c2)c(C)c1. The van der Waals surface area contributed by atoms with Gasteiger partial charge in [0.2, 0.25) is 11.8 Å². The van der Waals surface area contributed by atoms with E-state index in [1.807, 2.05) is 80.6 Å². The molecule has 0 saturated heterocycles. The maximum absolute atomic E-state index is 12.1. The highest BCUT2D eigenvalue weighted by molar-refractivity contribution is 9.10. The molecule has 3 aromatic rings. The Hall–Kier alpha value is -3.45. The van der Waals surface area contributed by atoms with Crippen LogP contribution in [-0.4, -0.2) is 18.0 Å². The summed E-state index contributed by atoms with van der Waals surface area (Å²) in [5, 5.41) is 6.67. The molecule has 0 aliphatic heterocycles.